The van der Waals surface area contributed by atoms with Gasteiger partial charge in [-0.25, -0.2) is 18.0 Å². The Bertz CT molecular complexity index is 1260. The van der Waals surface area contributed by atoms with E-state index in [2.05, 4.69) is 5.32 Å². The normalized spacial score (nSPS) is 12.0. The van der Waals surface area contributed by atoms with Crippen LogP contribution in [-0.4, -0.2) is 27.5 Å². The molecule has 0 saturated carbocycles. The fourth-order valence-electron chi connectivity index (χ4n) is 3.14. The fraction of sp³-hybridized carbons (Fsp3) is 0.167. The zero-order valence-electron chi connectivity index (χ0n) is 18.5. The highest BCUT2D eigenvalue weighted by Gasteiger charge is 2.25. The summed E-state index contributed by atoms with van der Waals surface area (Å²) in [6, 6.07) is 17.6. The molecular weight excluding hydrogens is 442 g/mol. The molecule has 8 nitrogen and oxygen atoms in total. The molecule has 0 fully saturated rings. The molecule has 0 aliphatic carbocycles. The fourth-order valence-corrected chi connectivity index (χ4v) is 4.42. The molecule has 2 amide bonds. The molecule has 0 aromatic heterocycles. The maximum absolute atomic E-state index is 13.0. The Kier molecular flexibility index (Phi) is 7.03. The Morgan fingerprint density at radius 1 is 0.939 bits per heavy atom. The summed E-state index contributed by atoms with van der Waals surface area (Å²) in [5, 5.41) is 2.37. The van der Waals surface area contributed by atoms with Crippen LogP contribution in [0.4, 0.5) is 10.5 Å². The van der Waals surface area contributed by atoms with Crippen LogP contribution in [0.1, 0.15) is 22.7 Å². The van der Waals surface area contributed by atoms with Gasteiger partial charge in [-0.05, 0) is 66.9 Å². The van der Waals surface area contributed by atoms with E-state index in [0.29, 0.717) is 11.3 Å². The van der Waals surface area contributed by atoms with E-state index in [4.69, 9.17) is 10.5 Å². The van der Waals surface area contributed by atoms with Crippen molar-refractivity contribution in [3.05, 3.63) is 89.5 Å². The van der Waals surface area contributed by atoms with Gasteiger partial charge in [0.2, 0.25) is 0 Å². The Labute approximate surface area is 193 Å². The number of nitrogens with one attached hydrogen (secondary N) is 1. The monoisotopic (exact) mass is 467 g/mol. The molecule has 0 aliphatic heterocycles. The largest absolute Gasteiger partial charge is 0.425 e. The molecule has 0 saturated heterocycles. The molecule has 0 spiro atoms. The number of primary amides is 1. The highest BCUT2D eigenvalue weighted by atomic mass is 32.2. The first-order valence-electron chi connectivity index (χ1n) is 10.1. The summed E-state index contributed by atoms with van der Waals surface area (Å²) in [4.78, 5) is 24.2. The number of nitrogens with two attached hydrogens (primary N) is 1. The van der Waals surface area contributed by atoms with Crippen LogP contribution < -0.4 is 20.1 Å². The average molecular weight is 468 g/mol. The second-order valence-corrected chi connectivity index (χ2v) is 9.46. The van der Waals surface area contributed by atoms with Crippen molar-refractivity contribution in [1.82, 2.24) is 5.32 Å². The third-order valence-electron chi connectivity index (χ3n) is 5.21. The predicted octanol–water partition coefficient (Wildman–Crippen LogP) is 3.44. The van der Waals surface area contributed by atoms with Crippen molar-refractivity contribution in [3.8, 4) is 5.75 Å². The van der Waals surface area contributed by atoms with E-state index in [1.165, 1.54) is 31.3 Å². The lowest BCUT2D eigenvalue weighted by Gasteiger charge is -2.21. The van der Waals surface area contributed by atoms with Gasteiger partial charge in [-0.15, -0.1) is 0 Å². The van der Waals surface area contributed by atoms with Gasteiger partial charge in [-0.3, -0.25) is 4.31 Å². The Morgan fingerprint density at radius 3 is 2.15 bits per heavy atom. The second kappa shape index (κ2) is 9.74. The van der Waals surface area contributed by atoms with Gasteiger partial charge in [0.1, 0.15) is 5.75 Å². The first-order valence-corrected chi connectivity index (χ1v) is 11.5. The van der Waals surface area contributed by atoms with Gasteiger partial charge in [0.15, 0.2) is 6.04 Å². The van der Waals surface area contributed by atoms with Crippen LogP contribution in [0.5, 0.6) is 5.75 Å². The smallest absolute Gasteiger partial charge is 0.338 e. The molecule has 172 valence electrons. The van der Waals surface area contributed by atoms with Crippen molar-refractivity contribution >= 4 is 27.7 Å². The lowest BCUT2D eigenvalue weighted by Crippen LogP contribution is -2.39. The number of rotatable bonds is 7. The highest BCUT2D eigenvalue weighted by Crippen LogP contribution is 2.26. The van der Waals surface area contributed by atoms with E-state index < -0.39 is 28.1 Å². The first kappa shape index (κ1) is 23.8. The number of ether oxygens (including phenoxy) is 1. The molecular formula is C24H25N3O5S. The zero-order chi connectivity index (χ0) is 24.2. The van der Waals surface area contributed by atoms with Crippen molar-refractivity contribution in [2.45, 2.75) is 24.8 Å². The summed E-state index contributed by atoms with van der Waals surface area (Å²) < 4.78 is 32.5. The molecule has 3 N–H and O–H groups in total. The van der Waals surface area contributed by atoms with E-state index in [1.807, 2.05) is 13.8 Å². The van der Waals surface area contributed by atoms with E-state index in [-0.39, 0.29) is 10.6 Å². The highest BCUT2D eigenvalue weighted by molar-refractivity contribution is 7.92. The zero-order valence-corrected chi connectivity index (χ0v) is 19.3. The number of amides is 2. The van der Waals surface area contributed by atoms with Crippen LogP contribution >= 0.6 is 0 Å². The minimum Gasteiger partial charge on any atom is -0.425 e. The van der Waals surface area contributed by atoms with E-state index >= 15 is 0 Å². The first-order chi connectivity index (χ1) is 15.6. The Balaban J connectivity index is 1.78. The van der Waals surface area contributed by atoms with E-state index in [9.17, 15) is 18.0 Å². The molecule has 33 heavy (non-hydrogen) atoms. The standard InChI is InChI=1S/C24H25N3O5S/c1-16-9-14-21(15-17(16)2)33(30,31)27(3)19-10-12-20(13-11-19)32-23(28)22(26-24(25)29)18-7-5-4-6-8-18/h4-15,22H,1-3H3,(H3,25,26,29)/t22-/m0/s1. The summed E-state index contributed by atoms with van der Waals surface area (Å²) in [6.07, 6.45) is 0. The number of urea groups is 1. The quantitative estimate of drug-likeness (QED) is 0.408. The summed E-state index contributed by atoms with van der Waals surface area (Å²) in [7, 11) is -2.31. The van der Waals surface area contributed by atoms with Crippen LogP contribution in [0, 0.1) is 13.8 Å². The minimum absolute atomic E-state index is 0.187. The number of aryl methyl sites for hydroxylation is 2. The summed E-state index contributed by atoms with van der Waals surface area (Å²) in [6.45, 7) is 3.77. The van der Waals surface area contributed by atoms with Crippen molar-refractivity contribution in [1.29, 1.82) is 0 Å². The number of nitrogens with zero attached hydrogens (tertiary/aromatic N) is 1. The summed E-state index contributed by atoms with van der Waals surface area (Å²) in [5.74, 6) is -0.545. The van der Waals surface area contributed by atoms with Gasteiger partial charge in [0.25, 0.3) is 10.0 Å². The number of benzene rings is 3. The third kappa shape index (κ3) is 5.50. The number of esters is 1. The minimum atomic E-state index is -3.77. The second-order valence-electron chi connectivity index (χ2n) is 7.49. The molecule has 0 bridgehead atoms. The lowest BCUT2D eigenvalue weighted by atomic mass is 10.1. The lowest BCUT2D eigenvalue weighted by molar-refractivity contribution is -0.136. The molecule has 3 aromatic carbocycles. The molecule has 0 heterocycles. The van der Waals surface area contributed by atoms with Crippen LogP contribution in [0.25, 0.3) is 0 Å². The molecule has 0 radical (unpaired) electrons. The maximum Gasteiger partial charge on any atom is 0.338 e. The van der Waals surface area contributed by atoms with Gasteiger partial charge in [0, 0.05) is 7.05 Å². The van der Waals surface area contributed by atoms with Gasteiger partial charge < -0.3 is 15.8 Å². The van der Waals surface area contributed by atoms with Crippen molar-refractivity contribution < 1.29 is 22.7 Å². The third-order valence-corrected chi connectivity index (χ3v) is 6.99. The molecule has 3 aromatic rings. The topological polar surface area (TPSA) is 119 Å². The number of carbonyl (C=O) groups is 2. The number of carbonyl (C=O) groups excluding carboxylic acids is 2. The number of hydrogen-bond acceptors (Lipinski definition) is 5. The van der Waals surface area contributed by atoms with Crippen LogP contribution in [0.3, 0.4) is 0 Å². The molecule has 0 aliphatic rings. The predicted molar refractivity (Wildman–Crippen MR) is 125 cm³/mol. The van der Waals surface area contributed by atoms with Crippen LogP contribution in [0.15, 0.2) is 77.7 Å². The van der Waals surface area contributed by atoms with Crippen LogP contribution in [0.2, 0.25) is 0 Å². The SMILES string of the molecule is Cc1ccc(S(=O)(=O)N(C)c2ccc(OC(=O)[C@@H](NC(N)=O)c3ccccc3)cc2)cc1C. The van der Waals surface area contributed by atoms with Crippen molar-refractivity contribution in [2.24, 2.45) is 5.73 Å². The summed E-state index contributed by atoms with van der Waals surface area (Å²) in [5.41, 5.74) is 7.99. The van der Waals surface area contributed by atoms with Gasteiger partial charge >= 0.3 is 12.0 Å². The molecule has 9 heteroatoms. The van der Waals surface area contributed by atoms with Crippen molar-refractivity contribution in [3.63, 3.8) is 0 Å². The van der Waals surface area contributed by atoms with Crippen LogP contribution in [-0.2, 0) is 14.8 Å². The molecule has 0 unspecified atom stereocenters. The number of anilines is 1. The molecule has 1 atom stereocenters. The average Bonchev–Trinajstić information content (AvgIpc) is 2.79. The van der Waals surface area contributed by atoms with Gasteiger partial charge in [-0.2, -0.15) is 0 Å². The Morgan fingerprint density at radius 2 is 1.58 bits per heavy atom. The molecule has 3 rings (SSSR count). The van der Waals surface area contributed by atoms with Gasteiger partial charge in [-0.1, -0.05) is 36.4 Å². The van der Waals surface area contributed by atoms with Crippen molar-refractivity contribution in [2.75, 3.05) is 11.4 Å². The maximum atomic E-state index is 13.0. The summed E-state index contributed by atoms with van der Waals surface area (Å²) >= 11 is 0. The van der Waals surface area contributed by atoms with E-state index in [1.54, 1.807) is 48.5 Å². The number of sulfonamides is 1. The van der Waals surface area contributed by atoms with Gasteiger partial charge in [0.05, 0.1) is 10.6 Å². The number of hydrogen-bond donors (Lipinski definition) is 2. The van der Waals surface area contributed by atoms with E-state index in [0.717, 1.165) is 15.4 Å². The Hall–Kier alpha value is -3.85.